The van der Waals surface area contributed by atoms with Gasteiger partial charge in [-0.15, -0.1) is 0 Å². The SMILES string of the molecule is O=C(c1cc2cccc(Br)c2o1)N1CCN(Cc2ccc3c(c2)OCO3)CC1. The van der Waals surface area contributed by atoms with Crippen molar-refractivity contribution >= 4 is 32.8 Å². The van der Waals surface area contributed by atoms with Gasteiger partial charge in [-0.25, -0.2) is 0 Å². The maximum absolute atomic E-state index is 12.8. The summed E-state index contributed by atoms with van der Waals surface area (Å²) in [6.07, 6.45) is 0. The lowest BCUT2D eigenvalue weighted by molar-refractivity contribution is 0.0600. The lowest BCUT2D eigenvalue weighted by atomic mass is 10.1. The zero-order chi connectivity index (χ0) is 19.1. The van der Waals surface area contributed by atoms with Crippen LogP contribution in [0.3, 0.4) is 0 Å². The number of halogens is 1. The van der Waals surface area contributed by atoms with Gasteiger partial charge < -0.3 is 18.8 Å². The number of para-hydroxylation sites is 1. The smallest absolute Gasteiger partial charge is 0.289 e. The van der Waals surface area contributed by atoms with Crippen LogP contribution in [0.2, 0.25) is 0 Å². The number of furan rings is 1. The van der Waals surface area contributed by atoms with E-state index in [4.69, 9.17) is 13.9 Å². The first-order valence-electron chi connectivity index (χ1n) is 9.25. The fraction of sp³-hybridized carbons (Fsp3) is 0.286. The molecule has 0 atom stereocenters. The fourth-order valence-electron chi connectivity index (χ4n) is 3.70. The maximum atomic E-state index is 12.8. The Balaban J connectivity index is 1.22. The van der Waals surface area contributed by atoms with Gasteiger partial charge in [0.1, 0.15) is 5.58 Å². The van der Waals surface area contributed by atoms with Crippen LogP contribution in [0.4, 0.5) is 0 Å². The Hall–Kier alpha value is -2.51. The third kappa shape index (κ3) is 3.25. The number of carbonyl (C=O) groups is 1. The highest BCUT2D eigenvalue weighted by atomic mass is 79.9. The first kappa shape index (κ1) is 17.6. The summed E-state index contributed by atoms with van der Waals surface area (Å²) < 4.78 is 17.5. The number of ether oxygens (including phenoxy) is 2. The highest BCUT2D eigenvalue weighted by molar-refractivity contribution is 9.10. The van der Waals surface area contributed by atoms with Crippen LogP contribution >= 0.6 is 15.9 Å². The first-order chi connectivity index (χ1) is 13.7. The van der Waals surface area contributed by atoms with Gasteiger partial charge in [-0.1, -0.05) is 18.2 Å². The molecule has 0 unspecified atom stereocenters. The van der Waals surface area contributed by atoms with Crippen LogP contribution in [-0.2, 0) is 6.54 Å². The van der Waals surface area contributed by atoms with Gasteiger partial charge in [-0.05, 0) is 45.8 Å². The Morgan fingerprint density at radius 3 is 2.64 bits per heavy atom. The summed E-state index contributed by atoms with van der Waals surface area (Å²) >= 11 is 3.47. The quantitative estimate of drug-likeness (QED) is 0.615. The van der Waals surface area contributed by atoms with Crippen molar-refractivity contribution in [3.8, 4) is 11.5 Å². The minimum Gasteiger partial charge on any atom is -0.454 e. The lowest BCUT2D eigenvalue weighted by Crippen LogP contribution is -2.48. The van der Waals surface area contributed by atoms with Crippen LogP contribution in [0, 0.1) is 0 Å². The van der Waals surface area contributed by atoms with E-state index < -0.39 is 0 Å². The number of hydrogen-bond acceptors (Lipinski definition) is 5. The van der Waals surface area contributed by atoms with Gasteiger partial charge in [-0.2, -0.15) is 0 Å². The summed E-state index contributed by atoms with van der Waals surface area (Å²) in [4.78, 5) is 17.0. The maximum Gasteiger partial charge on any atom is 0.289 e. The van der Waals surface area contributed by atoms with Gasteiger partial charge in [0.05, 0.1) is 4.47 Å². The van der Waals surface area contributed by atoms with E-state index in [1.807, 2.05) is 41.3 Å². The first-order valence-corrected chi connectivity index (χ1v) is 10.0. The normalized spacial score (nSPS) is 16.7. The molecule has 0 spiro atoms. The second-order valence-electron chi connectivity index (χ2n) is 7.02. The van der Waals surface area contributed by atoms with Crippen LogP contribution in [0.5, 0.6) is 11.5 Å². The average Bonchev–Trinajstić information content (AvgIpc) is 3.35. The van der Waals surface area contributed by atoms with E-state index >= 15 is 0 Å². The molecule has 0 saturated carbocycles. The van der Waals surface area contributed by atoms with Gasteiger partial charge in [0.2, 0.25) is 6.79 Å². The molecule has 144 valence electrons. The molecule has 3 heterocycles. The molecule has 5 rings (SSSR count). The molecule has 0 radical (unpaired) electrons. The number of fused-ring (bicyclic) bond motifs is 2. The molecule has 2 aromatic carbocycles. The van der Waals surface area contributed by atoms with Crippen molar-refractivity contribution in [3.05, 3.63) is 58.3 Å². The molecule has 7 heteroatoms. The number of piperazine rings is 1. The molecule has 3 aromatic rings. The summed E-state index contributed by atoms with van der Waals surface area (Å²) in [5.74, 6) is 1.95. The van der Waals surface area contributed by atoms with Crippen LogP contribution < -0.4 is 9.47 Å². The molecular formula is C21H19BrN2O4. The van der Waals surface area contributed by atoms with Crippen LogP contribution in [0.1, 0.15) is 16.1 Å². The van der Waals surface area contributed by atoms with Crippen LogP contribution in [-0.4, -0.2) is 48.7 Å². The Kier molecular flexibility index (Phi) is 4.49. The van der Waals surface area contributed by atoms with E-state index in [-0.39, 0.29) is 12.7 Å². The lowest BCUT2D eigenvalue weighted by Gasteiger charge is -2.34. The van der Waals surface area contributed by atoms with Crippen molar-refractivity contribution < 1.29 is 18.7 Å². The molecule has 0 N–H and O–H groups in total. The zero-order valence-corrected chi connectivity index (χ0v) is 16.8. The Morgan fingerprint density at radius 2 is 1.82 bits per heavy atom. The third-order valence-corrected chi connectivity index (χ3v) is 5.83. The summed E-state index contributed by atoms with van der Waals surface area (Å²) in [6, 6.07) is 13.7. The molecule has 2 aliphatic heterocycles. The molecule has 1 aromatic heterocycles. The number of hydrogen-bond donors (Lipinski definition) is 0. The highest BCUT2D eigenvalue weighted by Gasteiger charge is 2.25. The minimum absolute atomic E-state index is 0.0502. The number of benzene rings is 2. The van der Waals surface area contributed by atoms with Crippen LogP contribution in [0.15, 0.2) is 51.4 Å². The van der Waals surface area contributed by atoms with E-state index in [0.29, 0.717) is 24.4 Å². The summed E-state index contributed by atoms with van der Waals surface area (Å²) in [5, 5.41) is 0.930. The van der Waals surface area contributed by atoms with Crippen molar-refractivity contribution in [3.63, 3.8) is 0 Å². The predicted octanol–water partition coefficient (Wildman–Crippen LogP) is 3.88. The molecular weight excluding hydrogens is 424 g/mol. The number of amides is 1. The Morgan fingerprint density at radius 1 is 1.00 bits per heavy atom. The number of rotatable bonds is 3. The van der Waals surface area contributed by atoms with Crippen molar-refractivity contribution in [1.82, 2.24) is 9.80 Å². The van der Waals surface area contributed by atoms with Crippen molar-refractivity contribution in [2.75, 3.05) is 33.0 Å². The molecule has 28 heavy (non-hydrogen) atoms. The van der Waals surface area contributed by atoms with Crippen molar-refractivity contribution in [2.45, 2.75) is 6.54 Å². The molecule has 1 amide bonds. The zero-order valence-electron chi connectivity index (χ0n) is 15.2. The second-order valence-corrected chi connectivity index (χ2v) is 7.88. The molecule has 2 aliphatic rings. The van der Waals surface area contributed by atoms with E-state index in [0.717, 1.165) is 41.0 Å². The fourth-order valence-corrected chi connectivity index (χ4v) is 4.16. The average molecular weight is 443 g/mol. The summed E-state index contributed by atoms with van der Waals surface area (Å²) in [6.45, 7) is 4.13. The molecule has 0 bridgehead atoms. The second kappa shape index (κ2) is 7.14. The van der Waals surface area contributed by atoms with Crippen molar-refractivity contribution in [1.29, 1.82) is 0 Å². The van der Waals surface area contributed by atoms with Crippen molar-refractivity contribution in [2.24, 2.45) is 0 Å². The van der Waals surface area contributed by atoms with Gasteiger partial charge in [-0.3, -0.25) is 9.69 Å². The molecule has 1 saturated heterocycles. The van der Waals surface area contributed by atoms with Gasteiger partial charge in [0, 0.05) is 38.1 Å². The summed E-state index contributed by atoms with van der Waals surface area (Å²) in [7, 11) is 0. The van der Waals surface area contributed by atoms with E-state index in [1.54, 1.807) is 0 Å². The predicted molar refractivity (Wildman–Crippen MR) is 108 cm³/mol. The monoisotopic (exact) mass is 442 g/mol. The molecule has 1 fully saturated rings. The van der Waals surface area contributed by atoms with Gasteiger partial charge in [0.15, 0.2) is 17.3 Å². The molecule has 6 nitrogen and oxygen atoms in total. The number of nitrogens with zero attached hydrogens (tertiary/aromatic N) is 2. The highest BCUT2D eigenvalue weighted by Crippen LogP contribution is 2.33. The van der Waals surface area contributed by atoms with Crippen LogP contribution in [0.25, 0.3) is 11.0 Å². The number of carbonyl (C=O) groups excluding carboxylic acids is 1. The van der Waals surface area contributed by atoms with Gasteiger partial charge >= 0.3 is 0 Å². The van der Waals surface area contributed by atoms with E-state index in [1.165, 1.54) is 5.56 Å². The Labute approximate surface area is 170 Å². The third-order valence-electron chi connectivity index (χ3n) is 5.21. The van der Waals surface area contributed by atoms with Gasteiger partial charge in [0.25, 0.3) is 5.91 Å². The molecule has 0 aliphatic carbocycles. The summed E-state index contributed by atoms with van der Waals surface area (Å²) in [5.41, 5.74) is 1.90. The minimum atomic E-state index is -0.0502. The van der Waals surface area contributed by atoms with E-state index in [2.05, 4.69) is 26.9 Å². The largest absolute Gasteiger partial charge is 0.454 e. The Bertz CT molecular complexity index is 1040. The van der Waals surface area contributed by atoms with E-state index in [9.17, 15) is 4.79 Å². The topological polar surface area (TPSA) is 55.2 Å². The standard InChI is InChI=1S/C21H19BrN2O4/c22-16-3-1-2-15-11-19(28-20(15)16)21(25)24-8-6-23(7-9-24)12-14-4-5-17-18(10-14)27-13-26-17/h1-5,10-11H,6-9,12-13H2.